The fourth-order valence-corrected chi connectivity index (χ4v) is 2.48. The molecule has 0 unspecified atom stereocenters. The van der Waals surface area contributed by atoms with Gasteiger partial charge in [0, 0.05) is 11.6 Å². The fraction of sp³-hybridized carbons (Fsp3) is 0.214. The highest BCUT2D eigenvalue weighted by Crippen LogP contribution is 2.28. The van der Waals surface area contributed by atoms with Gasteiger partial charge >= 0.3 is 0 Å². The Bertz CT molecular complexity index is 522. The van der Waals surface area contributed by atoms with Gasteiger partial charge in [-0.25, -0.2) is 0 Å². The molecule has 0 fully saturated rings. The maximum atomic E-state index is 12.1. The molecule has 1 aromatic carbocycles. The number of benzene rings is 1. The lowest BCUT2D eigenvalue weighted by Gasteiger charge is -2.11. The van der Waals surface area contributed by atoms with Gasteiger partial charge in [-0.1, -0.05) is 30.3 Å². The number of rotatable bonds is 4. The Hall–Kier alpha value is -1.65. The Morgan fingerprint density at radius 3 is 2.72 bits per heavy atom. The van der Waals surface area contributed by atoms with Crippen LogP contribution < -0.4 is 5.32 Å². The van der Waals surface area contributed by atoms with Gasteiger partial charge in [0.15, 0.2) is 0 Å². The van der Waals surface area contributed by atoms with Crippen LogP contribution in [0, 0.1) is 0 Å². The molecule has 2 N–H and O–H groups in total. The van der Waals surface area contributed by atoms with Crippen LogP contribution in [-0.2, 0) is 0 Å². The maximum absolute atomic E-state index is 12.1. The first-order valence-electron chi connectivity index (χ1n) is 5.77. The van der Waals surface area contributed by atoms with Crippen LogP contribution in [0.25, 0.3) is 11.1 Å². The summed E-state index contributed by atoms with van der Waals surface area (Å²) >= 11 is 1.41. The standard InChI is InChI=1S/C14H15NO2S/c1-10(9-16)15-14(17)13-12(7-8-18-13)11-5-3-2-4-6-11/h2-8,10,16H,9H2,1H3,(H,15,17)/t10-/m0/s1. The Balaban J connectivity index is 2.26. The van der Waals surface area contributed by atoms with E-state index in [1.54, 1.807) is 6.92 Å². The number of aliphatic hydroxyl groups excluding tert-OH is 1. The molecule has 2 aromatic rings. The summed E-state index contributed by atoms with van der Waals surface area (Å²) in [5.74, 6) is -0.134. The zero-order valence-corrected chi connectivity index (χ0v) is 10.9. The molecule has 3 nitrogen and oxygen atoms in total. The lowest BCUT2D eigenvalue weighted by Crippen LogP contribution is -2.34. The summed E-state index contributed by atoms with van der Waals surface area (Å²) in [5.41, 5.74) is 1.96. The van der Waals surface area contributed by atoms with Crippen molar-refractivity contribution in [1.82, 2.24) is 5.32 Å². The van der Waals surface area contributed by atoms with Crippen LogP contribution in [0.3, 0.4) is 0 Å². The molecule has 1 heterocycles. The van der Waals surface area contributed by atoms with Gasteiger partial charge < -0.3 is 10.4 Å². The summed E-state index contributed by atoms with van der Waals surface area (Å²) in [6.07, 6.45) is 0. The molecule has 0 saturated heterocycles. The normalized spacial score (nSPS) is 12.1. The van der Waals surface area contributed by atoms with E-state index in [2.05, 4.69) is 5.32 Å². The van der Waals surface area contributed by atoms with Crippen LogP contribution in [0.2, 0.25) is 0 Å². The Morgan fingerprint density at radius 1 is 1.33 bits per heavy atom. The van der Waals surface area contributed by atoms with Gasteiger partial charge in [-0.05, 0) is 23.9 Å². The first-order chi connectivity index (χ1) is 8.72. The van der Waals surface area contributed by atoms with Crippen molar-refractivity contribution >= 4 is 17.2 Å². The van der Waals surface area contributed by atoms with Crippen molar-refractivity contribution in [2.75, 3.05) is 6.61 Å². The van der Waals surface area contributed by atoms with Gasteiger partial charge in [-0.15, -0.1) is 11.3 Å². The van der Waals surface area contributed by atoms with Crippen LogP contribution in [0.1, 0.15) is 16.6 Å². The molecule has 0 bridgehead atoms. The molecule has 1 atom stereocenters. The largest absolute Gasteiger partial charge is 0.394 e. The number of carbonyl (C=O) groups is 1. The van der Waals surface area contributed by atoms with Gasteiger partial charge in [-0.3, -0.25) is 4.79 Å². The van der Waals surface area contributed by atoms with Crippen LogP contribution in [-0.4, -0.2) is 23.7 Å². The molecular weight excluding hydrogens is 246 g/mol. The van der Waals surface area contributed by atoms with Gasteiger partial charge in [0.25, 0.3) is 5.91 Å². The number of carbonyl (C=O) groups excluding carboxylic acids is 1. The Kier molecular flexibility index (Phi) is 4.12. The van der Waals surface area contributed by atoms with Crippen LogP contribution in [0.5, 0.6) is 0 Å². The number of thiophene rings is 1. The lowest BCUT2D eigenvalue weighted by atomic mass is 10.1. The summed E-state index contributed by atoms with van der Waals surface area (Å²) in [6, 6.07) is 11.5. The van der Waals surface area contributed by atoms with Crippen molar-refractivity contribution in [3.8, 4) is 11.1 Å². The minimum absolute atomic E-state index is 0.0578. The monoisotopic (exact) mass is 261 g/mol. The smallest absolute Gasteiger partial charge is 0.262 e. The molecule has 1 aromatic heterocycles. The van der Waals surface area contributed by atoms with Crippen molar-refractivity contribution in [2.45, 2.75) is 13.0 Å². The average Bonchev–Trinajstić information content (AvgIpc) is 2.88. The summed E-state index contributed by atoms with van der Waals surface area (Å²) < 4.78 is 0. The Labute approximate surface area is 110 Å². The zero-order valence-electron chi connectivity index (χ0n) is 10.1. The van der Waals surface area contributed by atoms with Crippen molar-refractivity contribution in [3.05, 3.63) is 46.7 Å². The highest BCUT2D eigenvalue weighted by atomic mass is 32.1. The van der Waals surface area contributed by atoms with Crippen LogP contribution in [0.15, 0.2) is 41.8 Å². The predicted molar refractivity (Wildman–Crippen MR) is 73.8 cm³/mol. The summed E-state index contributed by atoms with van der Waals surface area (Å²) in [6.45, 7) is 1.71. The van der Waals surface area contributed by atoms with E-state index < -0.39 is 0 Å². The topological polar surface area (TPSA) is 49.3 Å². The molecule has 0 aliphatic rings. The molecule has 0 spiro atoms. The zero-order chi connectivity index (χ0) is 13.0. The van der Waals surface area contributed by atoms with Crippen LogP contribution in [0.4, 0.5) is 0 Å². The van der Waals surface area contributed by atoms with Gasteiger partial charge in [0.1, 0.15) is 0 Å². The van der Waals surface area contributed by atoms with Crippen LogP contribution >= 0.6 is 11.3 Å². The number of hydrogen-bond acceptors (Lipinski definition) is 3. The molecule has 18 heavy (non-hydrogen) atoms. The SMILES string of the molecule is C[C@@H](CO)NC(=O)c1sccc1-c1ccccc1. The van der Waals surface area contributed by atoms with E-state index in [1.807, 2.05) is 41.8 Å². The molecule has 4 heteroatoms. The molecule has 1 amide bonds. The molecule has 94 valence electrons. The molecule has 0 aliphatic carbocycles. The van der Waals surface area contributed by atoms with E-state index in [0.717, 1.165) is 11.1 Å². The minimum Gasteiger partial charge on any atom is -0.394 e. The minimum atomic E-state index is -0.233. The summed E-state index contributed by atoms with van der Waals surface area (Å²) in [5, 5.41) is 13.6. The second-order valence-electron chi connectivity index (χ2n) is 4.09. The molecule has 0 aliphatic heterocycles. The van der Waals surface area contributed by atoms with E-state index in [-0.39, 0.29) is 18.6 Å². The van der Waals surface area contributed by atoms with E-state index >= 15 is 0 Å². The quantitative estimate of drug-likeness (QED) is 0.888. The Morgan fingerprint density at radius 2 is 2.06 bits per heavy atom. The number of amides is 1. The van der Waals surface area contributed by atoms with Gasteiger partial charge in [0.2, 0.25) is 0 Å². The molecular formula is C14H15NO2S. The fourth-order valence-electron chi connectivity index (χ4n) is 1.67. The third-order valence-electron chi connectivity index (χ3n) is 2.61. The van der Waals surface area contributed by atoms with Crippen molar-refractivity contribution in [2.24, 2.45) is 0 Å². The third-order valence-corrected chi connectivity index (χ3v) is 3.52. The number of nitrogens with one attached hydrogen (secondary N) is 1. The maximum Gasteiger partial charge on any atom is 0.262 e. The number of hydrogen-bond donors (Lipinski definition) is 2. The summed E-state index contributed by atoms with van der Waals surface area (Å²) in [7, 11) is 0. The number of aliphatic hydroxyl groups is 1. The second kappa shape index (κ2) is 5.80. The molecule has 2 rings (SSSR count). The highest BCUT2D eigenvalue weighted by Gasteiger charge is 2.15. The average molecular weight is 261 g/mol. The lowest BCUT2D eigenvalue weighted by molar-refractivity contribution is 0.0927. The highest BCUT2D eigenvalue weighted by molar-refractivity contribution is 7.12. The predicted octanol–water partition coefficient (Wildman–Crippen LogP) is 2.53. The van der Waals surface area contributed by atoms with E-state index in [1.165, 1.54) is 11.3 Å². The van der Waals surface area contributed by atoms with E-state index in [4.69, 9.17) is 5.11 Å². The van der Waals surface area contributed by atoms with Crippen molar-refractivity contribution < 1.29 is 9.90 Å². The third kappa shape index (κ3) is 2.78. The van der Waals surface area contributed by atoms with Crippen molar-refractivity contribution in [3.63, 3.8) is 0 Å². The molecule has 0 radical (unpaired) electrons. The van der Waals surface area contributed by atoms with Gasteiger partial charge in [-0.2, -0.15) is 0 Å². The van der Waals surface area contributed by atoms with Crippen molar-refractivity contribution in [1.29, 1.82) is 0 Å². The first-order valence-corrected chi connectivity index (χ1v) is 6.65. The van der Waals surface area contributed by atoms with Gasteiger partial charge in [0.05, 0.1) is 11.5 Å². The second-order valence-corrected chi connectivity index (χ2v) is 5.00. The van der Waals surface area contributed by atoms with E-state index in [9.17, 15) is 4.79 Å². The first kappa shape index (κ1) is 12.8. The molecule has 0 saturated carbocycles. The summed E-state index contributed by atoms with van der Waals surface area (Å²) in [4.78, 5) is 12.7. The van der Waals surface area contributed by atoms with E-state index in [0.29, 0.717) is 4.88 Å².